The maximum atomic E-state index is 12.7. The van der Waals surface area contributed by atoms with Gasteiger partial charge in [-0.1, -0.05) is 12.1 Å². The van der Waals surface area contributed by atoms with Crippen LogP contribution in [0.15, 0.2) is 58.8 Å². The van der Waals surface area contributed by atoms with E-state index in [1.807, 2.05) is 42.6 Å². The molecule has 0 unspecified atom stereocenters. The zero-order chi connectivity index (χ0) is 19.9. The van der Waals surface area contributed by atoms with Gasteiger partial charge >= 0.3 is 0 Å². The summed E-state index contributed by atoms with van der Waals surface area (Å²) in [7, 11) is 1.60. The van der Waals surface area contributed by atoms with Crippen LogP contribution < -0.4 is 15.0 Å². The highest BCUT2D eigenvalue weighted by Crippen LogP contribution is 2.30. The number of pyridine rings is 1. The van der Waals surface area contributed by atoms with Crippen molar-refractivity contribution in [3.05, 3.63) is 80.4 Å². The summed E-state index contributed by atoms with van der Waals surface area (Å²) in [6.07, 6.45) is 1.44. The first kappa shape index (κ1) is 19.7. The normalized spacial score (nSPS) is 10.5. The Labute approximate surface area is 167 Å². The van der Waals surface area contributed by atoms with Crippen LogP contribution in [0.1, 0.15) is 27.7 Å². The first-order valence-corrected chi connectivity index (χ1v) is 9.78. The molecule has 2 aromatic heterocycles. The predicted molar refractivity (Wildman–Crippen MR) is 109 cm³/mol. The molecule has 0 spiro atoms. The quantitative estimate of drug-likeness (QED) is 0.628. The Kier molecular flexibility index (Phi) is 6.49. The van der Waals surface area contributed by atoms with Crippen molar-refractivity contribution in [3.8, 4) is 11.5 Å². The molecule has 0 radical (unpaired) electrons. The molecular weight excluding hydrogens is 376 g/mol. The molecule has 0 atom stereocenters. The fourth-order valence-corrected chi connectivity index (χ4v) is 3.36. The predicted octanol–water partition coefficient (Wildman–Crippen LogP) is 3.69. The van der Waals surface area contributed by atoms with E-state index in [9.17, 15) is 9.59 Å². The summed E-state index contributed by atoms with van der Waals surface area (Å²) in [6, 6.07) is 12.6. The molecular formula is C21H22N2O4S. The number of amides is 1. The molecule has 3 rings (SSSR count). The molecule has 0 saturated carbocycles. The summed E-state index contributed by atoms with van der Waals surface area (Å²) in [4.78, 5) is 29.3. The molecule has 0 saturated heterocycles. The number of thiophene rings is 1. The number of nitrogens with zero attached hydrogens (tertiary/aromatic N) is 1. The van der Waals surface area contributed by atoms with Crippen molar-refractivity contribution in [2.75, 3.05) is 13.7 Å². The Balaban J connectivity index is 1.72. The van der Waals surface area contributed by atoms with Crippen LogP contribution in [0.2, 0.25) is 0 Å². The summed E-state index contributed by atoms with van der Waals surface area (Å²) in [6.45, 7) is 3.37. The molecule has 28 heavy (non-hydrogen) atoms. The number of ether oxygens (including phenoxy) is 2. The highest BCUT2D eigenvalue weighted by Gasteiger charge is 2.16. The van der Waals surface area contributed by atoms with Crippen molar-refractivity contribution in [3.63, 3.8) is 0 Å². The number of methoxy groups -OCH3 is 1. The highest BCUT2D eigenvalue weighted by atomic mass is 32.1. The van der Waals surface area contributed by atoms with Gasteiger partial charge in [-0.2, -0.15) is 0 Å². The molecule has 3 aromatic rings. The molecule has 7 heteroatoms. The number of nitrogens with one attached hydrogen (secondary N) is 1. The van der Waals surface area contributed by atoms with Crippen molar-refractivity contribution in [1.82, 2.24) is 9.88 Å². The van der Waals surface area contributed by atoms with E-state index in [0.29, 0.717) is 36.8 Å². The molecule has 0 aliphatic rings. The van der Waals surface area contributed by atoms with Crippen LogP contribution in [-0.4, -0.2) is 29.4 Å². The Bertz CT molecular complexity index is 962. The Morgan fingerprint density at radius 2 is 2.04 bits per heavy atom. The van der Waals surface area contributed by atoms with E-state index in [-0.39, 0.29) is 11.5 Å². The SMILES string of the molecule is CCN(Cc1ccc(OCc2cccs2)c(OC)c1)C(=O)c1ccc(=O)[nH]c1. The highest BCUT2D eigenvalue weighted by molar-refractivity contribution is 7.09. The van der Waals surface area contributed by atoms with E-state index in [2.05, 4.69) is 4.98 Å². The number of rotatable bonds is 8. The summed E-state index contributed by atoms with van der Waals surface area (Å²) >= 11 is 1.64. The second kappa shape index (κ2) is 9.23. The van der Waals surface area contributed by atoms with Gasteiger partial charge in [0.05, 0.1) is 12.7 Å². The lowest BCUT2D eigenvalue weighted by Crippen LogP contribution is -2.30. The minimum Gasteiger partial charge on any atom is -0.493 e. The third kappa shape index (κ3) is 4.80. The summed E-state index contributed by atoms with van der Waals surface area (Å²) in [5.41, 5.74) is 1.15. The first-order chi connectivity index (χ1) is 13.6. The number of benzene rings is 1. The zero-order valence-corrected chi connectivity index (χ0v) is 16.6. The van der Waals surface area contributed by atoms with Crippen LogP contribution in [0.5, 0.6) is 11.5 Å². The van der Waals surface area contributed by atoms with Crippen LogP contribution in [0.25, 0.3) is 0 Å². The van der Waals surface area contributed by atoms with Crippen LogP contribution >= 0.6 is 11.3 Å². The van der Waals surface area contributed by atoms with Crippen molar-refractivity contribution < 1.29 is 14.3 Å². The number of carbonyl (C=O) groups excluding carboxylic acids is 1. The number of carbonyl (C=O) groups is 1. The second-order valence-electron chi connectivity index (χ2n) is 6.11. The minimum absolute atomic E-state index is 0.143. The van der Waals surface area contributed by atoms with E-state index < -0.39 is 0 Å². The Morgan fingerprint density at radius 3 is 2.68 bits per heavy atom. The van der Waals surface area contributed by atoms with Gasteiger partial charge in [0, 0.05) is 30.2 Å². The molecule has 0 aliphatic carbocycles. The lowest BCUT2D eigenvalue weighted by molar-refractivity contribution is 0.0752. The van der Waals surface area contributed by atoms with Gasteiger partial charge in [-0.05, 0) is 42.1 Å². The lowest BCUT2D eigenvalue weighted by Gasteiger charge is -2.21. The number of H-pyrrole nitrogens is 1. The standard InChI is InChI=1S/C21H22N2O4S/c1-3-23(21(25)16-7-9-20(24)22-12-16)13-15-6-8-18(19(11-15)26-2)27-14-17-5-4-10-28-17/h4-12H,3,13-14H2,1-2H3,(H,22,24). The third-order valence-electron chi connectivity index (χ3n) is 4.25. The van der Waals surface area contributed by atoms with Gasteiger partial charge in [0.1, 0.15) is 6.61 Å². The van der Waals surface area contributed by atoms with Gasteiger partial charge < -0.3 is 19.4 Å². The maximum Gasteiger partial charge on any atom is 0.255 e. The zero-order valence-electron chi connectivity index (χ0n) is 15.8. The van der Waals surface area contributed by atoms with Gasteiger partial charge in [-0.3, -0.25) is 9.59 Å². The maximum absolute atomic E-state index is 12.7. The summed E-state index contributed by atoms with van der Waals surface area (Å²) in [5.74, 6) is 1.15. The van der Waals surface area contributed by atoms with Gasteiger partial charge in [-0.25, -0.2) is 0 Å². The smallest absolute Gasteiger partial charge is 0.255 e. The van der Waals surface area contributed by atoms with Gasteiger partial charge in [0.2, 0.25) is 5.56 Å². The van der Waals surface area contributed by atoms with E-state index in [1.54, 1.807) is 23.3 Å². The fraction of sp³-hybridized carbons (Fsp3) is 0.238. The second-order valence-corrected chi connectivity index (χ2v) is 7.15. The number of hydrogen-bond acceptors (Lipinski definition) is 5. The largest absolute Gasteiger partial charge is 0.493 e. The summed E-state index contributed by atoms with van der Waals surface area (Å²) < 4.78 is 11.3. The average Bonchev–Trinajstić information content (AvgIpc) is 3.24. The molecule has 1 aromatic carbocycles. The van der Waals surface area contributed by atoms with Crippen molar-refractivity contribution in [2.24, 2.45) is 0 Å². The monoisotopic (exact) mass is 398 g/mol. The van der Waals surface area contributed by atoms with Crippen LogP contribution in [0.4, 0.5) is 0 Å². The minimum atomic E-state index is -0.234. The summed E-state index contributed by atoms with van der Waals surface area (Å²) in [5, 5.41) is 2.01. The van der Waals surface area contributed by atoms with Crippen molar-refractivity contribution in [2.45, 2.75) is 20.1 Å². The molecule has 0 aliphatic heterocycles. The van der Waals surface area contributed by atoms with Crippen LogP contribution in [0.3, 0.4) is 0 Å². The van der Waals surface area contributed by atoms with Crippen molar-refractivity contribution >= 4 is 17.2 Å². The number of aromatic nitrogens is 1. The van der Waals surface area contributed by atoms with Crippen LogP contribution in [0, 0.1) is 0 Å². The van der Waals surface area contributed by atoms with E-state index >= 15 is 0 Å². The Morgan fingerprint density at radius 1 is 1.18 bits per heavy atom. The molecule has 146 valence electrons. The Hall–Kier alpha value is -3.06. The van der Waals surface area contributed by atoms with E-state index in [4.69, 9.17) is 9.47 Å². The van der Waals surface area contributed by atoms with Crippen molar-refractivity contribution in [1.29, 1.82) is 0 Å². The third-order valence-corrected chi connectivity index (χ3v) is 5.10. The van der Waals surface area contributed by atoms with Gasteiger partial charge in [0.15, 0.2) is 11.5 Å². The lowest BCUT2D eigenvalue weighted by atomic mass is 10.1. The number of aromatic amines is 1. The van der Waals surface area contributed by atoms with Gasteiger partial charge in [0.25, 0.3) is 5.91 Å². The fourth-order valence-electron chi connectivity index (χ4n) is 2.75. The molecule has 0 fully saturated rings. The molecule has 6 nitrogen and oxygen atoms in total. The van der Waals surface area contributed by atoms with Gasteiger partial charge in [-0.15, -0.1) is 11.3 Å². The number of hydrogen-bond donors (Lipinski definition) is 1. The van der Waals surface area contributed by atoms with Crippen LogP contribution in [-0.2, 0) is 13.2 Å². The topological polar surface area (TPSA) is 71.6 Å². The first-order valence-electron chi connectivity index (χ1n) is 8.90. The molecule has 0 bridgehead atoms. The van der Waals surface area contributed by atoms with E-state index in [0.717, 1.165) is 10.4 Å². The molecule has 1 amide bonds. The molecule has 2 heterocycles. The average molecular weight is 398 g/mol. The molecule has 1 N–H and O–H groups in total. The van der Waals surface area contributed by atoms with E-state index in [1.165, 1.54) is 18.3 Å².